The number of hydrogen-bond acceptors (Lipinski definition) is 4. The molecule has 1 unspecified atom stereocenters. The summed E-state index contributed by atoms with van der Waals surface area (Å²) in [7, 11) is 0. The number of carbonyl (C=O) groups is 1. The van der Waals surface area contributed by atoms with Gasteiger partial charge in [0.1, 0.15) is 0 Å². The molecule has 1 atom stereocenters. The number of aromatic nitrogens is 1. The van der Waals surface area contributed by atoms with E-state index in [1.54, 1.807) is 18.3 Å². The summed E-state index contributed by atoms with van der Waals surface area (Å²) in [5.74, 6) is 1.42. The van der Waals surface area contributed by atoms with Gasteiger partial charge in [0.05, 0.1) is 16.2 Å². The van der Waals surface area contributed by atoms with Crippen LogP contribution in [0, 0.1) is 6.92 Å². The summed E-state index contributed by atoms with van der Waals surface area (Å²) in [6, 6.07) is 13.6. The molecule has 1 fully saturated rings. The topological polar surface area (TPSA) is 61.6 Å². The first-order chi connectivity index (χ1) is 14.9. The quantitative estimate of drug-likeness (QED) is 0.570. The van der Waals surface area contributed by atoms with E-state index >= 15 is 0 Å². The molecule has 4 rings (SSSR count). The summed E-state index contributed by atoms with van der Waals surface area (Å²) in [6.45, 7) is 6.49. The van der Waals surface area contributed by atoms with E-state index in [0.29, 0.717) is 29.0 Å². The molecule has 0 radical (unpaired) electrons. The number of anilines is 1. The summed E-state index contributed by atoms with van der Waals surface area (Å²) in [4.78, 5) is 21.0. The summed E-state index contributed by atoms with van der Waals surface area (Å²) in [5, 5.41) is 3.97. The van der Waals surface area contributed by atoms with E-state index in [4.69, 9.17) is 27.6 Å². The first kappa shape index (κ1) is 21.5. The summed E-state index contributed by atoms with van der Waals surface area (Å²) >= 11 is 12.0. The molecule has 1 N–H and O–H groups in total. The Labute approximate surface area is 191 Å². The van der Waals surface area contributed by atoms with Crippen molar-refractivity contribution in [2.75, 3.05) is 24.5 Å². The van der Waals surface area contributed by atoms with Gasteiger partial charge in [-0.25, -0.2) is 9.78 Å². The molecule has 162 valence electrons. The second-order valence-corrected chi connectivity index (χ2v) is 8.50. The SMILES string of the molecule is Cc1ncc(-c2ccc(N3CCN(C(=O)NCc4ccc(Cl)c(Cl)c4)C(C)C3)cc2)o1. The molecule has 2 aromatic carbocycles. The normalized spacial score (nSPS) is 16.5. The summed E-state index contributed by atoms with van der Waals surface area (Å²) in [5.41, 5.74) is 3.04. The van der Waals surface area contributed by atoms with Gasteiger partial charge < -0.3 is 19.5 Å². The predicted molar refractivity (Wildman–Crippen MR) is 124 cm³/mol. The Kier molecular flexibility index (Phi) is 6.39. The minimum absolute atomic E-state index is 0.0748. The number of halogens is 2. The van der Waals surface area contributed by atoms with Gasteiger partial charge in [0.2, 0.25) is 0 Å². The van der Waals surface area contributed by atoms with Crippen molar-refractivity contribution in [3.05, 3.63) is 70.2 Å². The van der Waals surface area contributed by atoms with E-state index in [1.165, 1.54) is 0 Å². The predicted octanol–water partition coefficient (Wildman–Crippen LogP) is 5.38. The number of hydrogen-bond donors (Lipinski definition) is 1. The fourth-order valence-corrected chi connectivity index (χ4v) is 4.07. The Bertz CT molecular complexity index is 1070. The van der Waals surface area contributed by atoms with Gasteiger partial charge in [-0.05, 0) is 48.9 Å². The third-order valence-electron chi connectivity index (χ3n) is 5.45. The van der Waals surface area contributed by atoms with Gasteiger partial charge in [0.15, 0.2) is 11.7 Å². The maximum Gasteiger partial charge on any atom is 0.318 e. The van der Waals surface area contributed by atoms with Gasteiger partial charge in [-0.3, -0.25) is 0 Å². The number of oxazole rings is 1. The van der Waals surface area contributed by atoms with Crippen molar-refractivity contribution in [3.8, 4) is 11.3 Å². The fourth-order valence-electron chi connectivity index (χ4n) is 3.75. The zero-order valence-corrected chi connectivity index (χ0v) is 19.0. The molecule has 6 nitrogen and oxygen atoms in total. The van der Waals surface area contributed by atoms with Crippen LogP contribution in [0.2, 0.25) is 10.0 Å². The van der Waals surface area contributed by atoms with Crippen LogP contribution >= 0.6 is 23.2 Å². The van der Waals surface area contributed by atoms with Crippen molar-refractivity contribution in [2.45, 2.75) is 26.4 Å². The molecule has 0 aliphatic carbocycles. The van der Waals surface area contributed by atoms with E-state index < -0.39 is 0 Å². The minimum Gasteiger partial charge on any atom is -0.441 e. The molecule has 2 heterocycles. The van der Waals surface area contributed by atoms with Crippen molar-refractivity contribution in [3.63, 3.8) is 0 Å². The second-order valence-electron chi connectivity index (χ2n) is 7.69. The van der Waals surface area contributed by atoms with Crippen molar-refractivity contribution in [1.82, 2.24) is 15.2 Å². The Balaban J connectivity index is 1.33. The molecule has 0 saturated carbocycles. The lowest BCUT2D eigenvalue weighted by Crippen LogP contribution is -2.56. The number of carbonyl (C=O) groups excluding carboxylic acids is 1. The highest BCUT2D eigenvalue weighted by Gasteiger charge is 2.27. The van der Waals surface area contributed by atoms with Gasteiger partial charge in [-0.1, -0.05) is 29.3 Å². The molecular weight excluding hydrogens is 435 g/mol. The third-order valence-corrected chi connectivity index (χ3v) is 6.19. The highest BCUT2D eigenvalue weighted by atomic mass is 35.5. The van der Waals surface area contributed by atoms with Gasteiger partial charge in [0, 0.05) is 50.4 Å². The van der Waals surface area contributed by atoms with E-state index in [2.05, 4.69) is 34.3 Å². The third kappa shape index (κ3) is 4.97. The molecule has 1 aliphatic rings. The summed E-state index contributed by atoms with van der Waals surface area (Å²) in [6.07, 6.45) is 1.74. The van der Waals surface area contributed by atoms with Crippen LogP contribution in [-0.4, -0.2) is 41.6 Å². The van der Waals surface area contributed by atoms with E-state index in [0.717, 1.165) is 35.7 Å². The van der Waals surface area contributed by atoms with Crippen LogP contribution in [0.15, 0.2) is 53.1 Å². The molecule has 1 aromatic heterocycles. The molecule has 8 heteroatoms. The largest absolute Gasteiger partial charge is 0.441 e. The number of benzene rings is 2. The van der Waals surface area contributed by atoms with Crippen LogP contribution in [0.3, 0.4) is 0 Å². The Morgan fingerprint density at radius 3 is 2.58 bits per heavy atom. The lowest BCUT2D eigenvalue weighted by atomic mass is 10.1. The zero-order valence-electron chi connectivity index (χ0n) is 17.4. The van der Waals surface area contributed by atoms with Crippen LogP contribution in [-0.2, 0) is 6.54 Å². The number of piperazine rings is 1. The average molecular weight is 459 g/mol. The lowest BCUT2D eigenvalue weighted by molar-refractivity contribution is 0.171. The van der Waals surface area contributed by atoms with Crippen molar-refractivity contribution in [1.29, 1.82) is 0 Å². The van der Waals surface area contributed by atoms with E-state index in [-0.39, 0.29) is 12.1 Å². The van der Waals surface area contributed by atoms with Gasteiger partial charge in [-0.15, -0.1) is 0 Å². The standard InChI is InChI=1S/C23H24Cl2N4O2/c1-15-14-28(19-6-4-18(5-7-19)22-13-26-16(2)31-22)9-10-29(15)23(30)27-12-17-3-8-20(24)21(25)11-17/h3-8,11,13,15H,9-10,12,14H2,1-2H3,(H,27,30). The first-order valence-corrected chi connectivity index (χ1v) is 10.9. The monoisotopic (exact) mass is 458 g/mol. The number of aryl methyl sites for hydroxylation is 1. The number of rotatable bonds is 4. The molecular formula is C23H24Cl2N4O2. The Morgan fingerprint density at radius 1 is 1.16 bits per heavy atom. The molecule has 3 aromatic rings. The fraction of sp³-hybridized carbons (Fsp3) is 0.304. The Hall–Kier alpha value is -2.70. The molecule has 0 spiro atoms. The van der Waals surface area contributed by atoms with Crippen LogP contribution in [0.25, 0.3) is 11.3 Å². The van der Waals surface area contributed by atoms with Crippen LogP contribution in [0.1, 0.15) is 18.4 Å². The van der Waals surface area contributed by atoms with Crippen LogP contribution < -0.4 is 10.2 Å². The van der Waals surface area contributed by atoms with Gasteiger partial charge in [0.25, 0.3) is 0 Å². The maximum atomic E-state index is 12.7. The molecule has 0 bridgehead atoms. The molecule has 1 aliphatic heterocycles. The number of amides is 2. The zero-order chi connectivity index (χ0) is 22.0. The second kappa shape index (κ2) is 9.20. The van der Waals surface area contributed by atoms with Crippen LogP contribution in [0.5, 0.6) is 0 Å². The molecule has 2 amide bonds. The maximum absolute atomic E-state index is 12.7. The number of urea groups is 1. The van der Waals surface area contributed by atoms with Gasteiger partial charge in [-0.2, -0.15) is 0 Å². The lowest BCUT2D eigenvalue weighted by Gasteiger charge is -2.41. The minimum atomic E-state index is -0.0748. The van der Waals surface area contributed by atoms with Gasteiger partial charge >= 0.3 is 6.03 Å². The Morgan fingerprint density at radius 2 is 1.94 bits per heavy atom. The molecule has 31 heavy (non-hydrogen) atoms. The van der Waals surface area contributed by atoms with Crippen molar-refractivity contribution in [2.24, 2.45) is 0 Å². The van der Waals surface area contributed by atoms with Crippen molar-refractivity contribution < 1.29 is 9.21 Å². The number of nitrogens with zero attached hydrogens (tertiary/aromatic N) is 3. The first-order valence-electron chi connectivity index (χ1n) is 10.2. The highest BCUT2D eigenvalue weighted by Crippen LogP contribution is 2.26. The van der Waals surface area contributed by atoms with Crippen molar-refractivity contribution >= 4 is 34.9 Å². The number of nitrogens with one attached hydrogen (secondary N) is 1. The van der Waals surface area contributed by atoms with E-state index in [1.807, 2.05) is 30.0 Å². The molecule has 1 saturated heterocycles. The smallest absolute Gasteiger partial charge is 0.318 e. The average Bonchev–Trinajstić information content (AvgIpc) is 3.20. The highest BCUT2D eigenvalue weighted by molar-refractivity contribution is 6.42. The summed E-state index contributed by atoms with van der Waals surface area (Å²) < 4.78 is 5.59. The van der Waals surface area contributed by atoms with E-state index in [9.17, 15) is 4.79 Å². The van der Waals surface area contributed by atoms with Crippen LogP contribution in [0.4, 0.5) is 10.5 Å².